The predicted molar refractivity (Wildman–Crippen MR) is 88.6 cm³/mol. The standard InChI is InChI=1S/C18H18N2S/c19-12-15(13-7-3-1-4-8-13)18(20)17-11-14-9-5-2-6-10-16(14)21-17/h1,3-4,7-8,11H,2,5-6,9-10,20H2/b18-15-. The van der Waals surface area contributed by atoms with Gasteiger partial charge in [0.15, 0.2) is 0 Å². The number of fused-ring (bicyclic) bond motifs is 1. The lowest BCUT2D eigenvalue weighted by Crippen LogP contribution is -1.98. The largest absolute Gasteiger partial charge is 0.396 e. The van der Waals surface area contributed by atoms with Gasteiger partial charge in [0.1, 0.15) is 6.07 Å². The summed E-state index contributed by atoms with van der Waals surface area (Å²) in [7, 11) is 0. The van der Waals surface area contributed by atoms with Crippen LogP contribution < -0.4 is 5.73 Å². The second-order valence-corrected chi connectivity index (χ2v) is 6.52. The van der Waals surface area contributed by atoms with Crippen molar-refractivity contribution in [3.63, 3.8) is 0 Å². The smallest absolute Gasteiger partial charge is 0.102 e. The van der Waals surface area contributed by atoms with Gasteiger partial charge in [-0.3, -0.25) is 0 Å². The molecule has 1 aromatic heterocycles. The number of nitrogens with zero attached hydrogens (tertiary/aromatic N) is 1. The summed E-state index contributed by atoms with van der Waals surface area (Å²) >= 11 is 1.76. The highest BCUT2D eigenvalue weighted by Gasteiger charge is 2.16. The fraction of sp³-hybridized carbons (Fsp3) is 0.278. The molecule has 2 N–H and O–H groups in total. The minimum absolute atomic E-state index is 0.576. The van der Waals surface area contributed by atoms with Crippen molar-refractivity contribution in [3.8, 4) is 6.07 Å². The van der Waals surface area contributed by atoms with E-state index in [2.05, 4.69) is 12.1 Å². The number of nitrogens with two attached hydrogens (primary N) is 1. The molecule has 3 heteroatoms. The SMILES string of the molecule is N#C/C(=C(/N)c1cc2c(s1)CCCCC2)c1ccccc1. The van der Waals surface area contributed by atoms with Gasteiger partial charge in [-0.25, -0.2) is 0 Å². The van der Waals surface area contributed by atoms with Crippen molar-refractivity contribution >= 4 is 22.6 Å². The van der Waals surface area contributed by atoms with Gasteiger partial charge in [-0.2, -0.15) is 5.26 Å². The first-order chi connectivity index (χ1) is 10.3. The van der Waals surface area contributed by atoms with Gasteiger partial charge < -0.3 is 5.73 Å². The average Bonchev–Trinajstić information content (AvgIpc) is 2.80. The first kappa shape index (κ1) is 13.9. The van der Waals surface area contributed by atoms with Crippen molar-refractivity contribution in [2.75, 3.05) is 0 Å². The summed E-state index contributed by atoms with van der Waals surface area (Å²) in [6, 6.07) is 14.1. The predicted octanol–water partition coefficient (Wildman–Crippen LogP) is 4.37. The number of allylic oxidation sites excluding steroid dienone is 1. The molecular weight excluding hydrogens is 276 g/mol. The third-order valence-corrected chi connectivity index (χ3v) is 5.23. The highest BCUT2D eigenvalue weighted by molar-refractivity contribution is 7.13. The topological polar surface area (TPSA) is 49.8 Å². The normalized spacial score (nSPS) is 15.6. The van der Waals surface area contributed by atoms with Gasteiger partial charge in [0.25, 0.3) is 0 Å². The Labute approximate surface area is 129 Å². The summed E-state index contributed by atoms with van der Waals surface area (Å²) in [6.07, 6.45) is 6.14. The fourth-order valence-electron chi connectivity index (χ4n) is 2.81. The quantitative estimate of drug-likeness (QED) is 0.660. The van der Waals surface area contributed by atoms with Gasteiger partial charge in [0, 0.05) is 4.88 Å². The molecule has 106 valence electrons. The number of hydrogen-bond donors (Lipinski definition) is 1. The first-order valence-corrected chi connectivity index (χ1v) is 8.18. The molecular formula is C18H18N2S. The van der Waals surface area contributed by atoms with Crippen molar-refractivity contribution in [1.29, 1.82) is 5.26 Å². The Morgan fingerprint density at radius 2 is 1.86 bits per heavy atom. The molecule has 0 aliphatic heterocycles. The zero-order valence-corrected chi connectivity index (χ0v) is 12.7. The Hall–Kier alpha value is -2.05. The summed E-state index contributed by atoms with van der Waals surface area (Å²) < 4.78 is 0. The minimum atomic E-state index is 0.576. The number of hydrogen-bond acceptors (Lipinski definition) is 3. The average molecular weight is 294 g/mol. The first-order valence-electron chi connectivity index (χ1n) is 7.37. The summed E-state index contributed by atoms with van der Waals surface area (Å²) in [5.41, 5.74) is 9.81. The van der Waals surface area contributed by atoms with E-state index in [4.69, 9.17) is 5.73 Å². The van der Waals surface area contributed by atoms with E-state index in [1.54, 1.807) is 11.3 Å². The summed E-state index contributed by atoms with van der Waals surface area (Å²) in [5, 5.41) is 9.48. The van der Waals surface area contributed by atoms with Gasteiger partial charge in [-0.1, -0.05) is 36.8 Å². The Balaban J connectivity index is 2.02. The molecule has 1 heterocycles. The molecule has 0 bridgehead atoms. The Kier molecular flexibility index (Phi) is 4.08. The lowest BCUT2D eigenvalue weighted by Gasteiger charge is -2.04. The van der Waals surface area contributed by atoms with Crippen LogP contribution in [0.1, 0.15) is 40.1 Å². The monoisotopic (exact) mass is 294 g/mol. The number of benzene rings is 1. The zero-order chi connectivity index (χ0) is 14.7. The Morgan fingerprint density at radius 3 is 2.62 bits per heavy atom. The molecule has 21 heavy (non-hydrogen) atoms. The molecule has 1 aromatic carbocycles. The second kappa shape index (κ2) is 6.15. The third kappa shape index (κ3) is 2.86. The molecule has 0 radical (unpaired) electrons. The summed E-state index contributed by atoms with van der Waals surface area (Å²) in [5.74, 6) is 0. The van der Waals surface area contributed by atoms with Crippen molar-refractivity contribution < 1.29 is 0 Å². The van der Waals surface area contributed by atoms with Gasteiger partial charge >= 0.3 is 0 Å². The molecule has 2 aromatic rings. The Bertz CT molecular complexity index is 681. The van der Waals surface area contributed by atoms with Crippen molar-refractivity contribution in [2.24, 2.45) is 5.73 Å². The number of aryl methyl sites for hydroxylation is 2. The molecule has 2 nitrogen and oxygen atoms in total. The lowest BCUT2D eigenvalue weighted by atomic mass is 10.0. The van der Waals surface area contributed by atoms with Gasteiger partial charge in [0.05, 0.1) is 16.1 Å². The van der Waals surface area contributed by atoms with E-state index < -0.39 is 0 Å². The van der Waals surface area contributed by atoms with E-state index >= 15 is 0 Å². The molecule has 0 atom stereocenters. The summed E-state index contributed by atoms with van der Waals surface area (Å²) in [6.45, 7) is 0. The van der Waals surface area contributed by atoms with E-state index in [0.29, 0.717) is 11.3 Å². The van der Waals surface area contributed by atoms with E-state index in [0.717, 1.165) is 23.3 Å². The van der Waals surface area contributed by atoms with Crippen molar-refractivity contribution in [3.05, 3.63) is 57.3 Å². The van der Waals surface area contributed by atoms with Crippen LogP contribution >= 0.6 is 11.3 Å². The fourth-order valence-corrected chi connectivity index (χ4v) is 4.03. The molecule has 0 saturated heterocycles. The Morgan fingerprint density at radius 1 is 1.10 bits per heavy atom. The molecule has 0 amide bonds. The van der Waals surface area contributed by atoms with Crippen LogP contribution in [0.2, 0.25) is 0 Å². The van der Waals surface area contributed by atoms with Crippen LogP contribution in [-0.2, 0) is 12.8 Å². The highest BCUT2D eigenvalue weighted by Crippen LogP contribution is 2.33. The minimum Gasteiger partial charge on any atom is -0.396 e. The highest BCUT2D eigenvalue weighted by atomic mass is 32.1. The second-order valence-electron chi connectivity index (χ2n) is 5.39. The molecule has 1 aliphatic rings. The van der Waals surface area contributed by atoms with Crippen LogP contribution in [0.25, 0.3) is 11.3 Å². The van der Waals surface area contributed by atoms with Crippen LogP contribution in [0, 0.1) is 11.3 Å². The number of nitriles is 1. The molecule has 0 saturated carbocycles. The molecule has 0 spiro atoms. The molecule has 3 rings (SSSR count). The maximum Gasteiger partial charge on any atom is 0.102 e. The van der Waals surface area contributed by atoms with Crippen LogP contribution in [-0.4, -0.2) is 0 Å². The van der Waals surface area contributed by atoms with E-state index in [1.165, 1.54) is 29.7 Å². The van der Waals surface area contributed by atoms with Gasteiger partial charge in [0.2, 0.25) is 0 Å². The van der Waals surface area contributed by atoms with Crippen LogP contribution in [0.5, 0.6) is 0 Å². The van der Waals surface area contributed by atoms with Crippen molar-refractivity contribution in [2.45, 2.75) is 32.1 Å². The molecule has 0 fully saturated rings. The van der Waals surface area contributed by atoms with Crippen molar-refractivity contribution in [1.82, 2.24) is 0 Å². The third-order valence-electron chi connectivity index (χ3n) is 3.96. The maximum absolute atomic E-state index is 9.48. The summed E-state index contributed by atoms with van der Waals surface area (Å²) in [4.78, 5) is 2.50. The molecule has 0 unspecified atom stereocenters. The molecule has 1 aliphatic carbocycles. The van der Waals surface area contributed by atoms with Gasteiger partial charge in [-0.15, -0.1) is 11.3 Å². The zero-order valence-electron chi connectivity index (χ0n) is 11.9. The maximum atomic E-state index is 9.48. The van der Waals surface area contributed by atoms with Gasteiger partial charge in [-0.05, 0) is 42.9 Å². The van der Waals surface area contributed by atoms with Crippen LogP contribution in [0.3, 0.4) is 0 Å². The van der Waals surface area contributed by atoms with E-state index in [1.807, 2.05) is 30.3 Å². The lowest BCUT2D eigenvalue weighted by molar-refractivity contribution is 0.712. The van der Waals surface area contributed by atoms with Crippen LogP contribution in [0.4, 0.5) is 0 Å². The number of rotatable bonds is 2. The van der Waals surface area contributed by atoms with E-state index in [9.17, 15) is 5.26 Å². The van der Waals surface area contributed by atoms with E-state index in [-0.39, 0.29) is 0 Å². The number of thiophene rings is 1. The van der Waals surface area contributed by atoms with Crippen LogP contribution in [0.15, 0.2) is 36.4 Å².